The summed E-state index contributed by atoms with van der Waals surface area (Å²) in [6.07, 6.45) is 0. The molecule has 6 nitrogen and oxygen atoms in total. The Morgan fingerprint density at radius 2 is 2.00 bits per heavy atom. The zero-order valence-corrected chi connectivity index (χ0v) is 10.9. The number of hydrogen-bond donors (Lipinski definition) is 1. The number of non-ortho nitro benzene ring substituents is 1. The molecule has 0 aromatic heterocycles. The van der Waals surface area contributed by atoms with Gasteiger partial charge in [-0.1, -0.05) is 0 Å². The number of benzene rings is 2. The van der Waals surface area contributed by atoms with Crippen LogP contribution in [-0.4, -0.2) is 23.1 Å². The number of nitro benzene ring substituents is 1. The van der Waals surface area contributed by atoms with Gasteiger partial charge in [0.1, 0.15) is 11.6 Å². The Balaban J connectivity index is 2.62. The van der Waals surface area contributed by atoms with Crippen LogP contribution in [0.25, 0.3) is 11.1 Å². The van der Waals surface area contributed by atoms with Crippen molar-refractivity contribution in [1.82, 2.24) is 0 Å². The molecule has 2 aromatic carbocycles. The van der Waals surface area contributed by atoms with Gasteiger partial charge in [-0.3, -0.25) is 10.1 Å². The van der Waals surface area contributed by atoms with Crippen LogP contribution in [0.15, 0.2) is 36.4 Å². The molecule has 0 fully saturated rings. The van der Waals surface area contributed by atoms with Gasteiger partial charge in [0.25, 0.3) is 5.69 Å². The van der Waals surface area contributed by atoms with Crippen LogP contribution in [0.4, 0.5) is 10.1 Å². The highest BCUT2D eigenvalue weighted by atomic mass is 19.1. The van der Waals surface area contributed by atoms with Gasteiger partial charge in [0.05, 0.1) is 17.6 Å². The van der Waals surface area contributed by atoms with Gasteiger partial charge in [0.15, 0.2) is 0 Å². The monoisotopic (exact) mass is 291 g/mol. The summed E-state index contributed by atoms with van der Waals surface area (Å²) in [6.45, 7) is 0. The molecule has 0 atom stereocenters. The second-order valence-electron chi connectivity index (χ2n) is 4.18. The van der Waals surface area contributed by atoms with E-state index in [1.165, 1.54) is 25.3 Å². The van der Waals surface area contributed by atoms with E-state index in [4.69, 9.17) is 9.84 Å². The van der Waals surface area contributed by atoms with Crippen LogP contribution in [0, 0.1) is 15.9 Å². The van der Waals surface area contributed by atoms with Crippen LogP contribution in [0.3, 0.4) is 0 Å². The highest BCUT2D eigenvalue weighted by Crippen LogP contribution is 2.30. The van der Waals surface area contributed by atoms with Gasteiger partial charge in [-0.05, 0) is 23.8 Å². The van der Waals surface area contributed by atoms with E-state index in [9.17, 15) is 19.3 Å². The van der Waals surface area contributed by atoms with E-state index >= 15 is 0 Å². The van der Waals surface area contributed by atoms with E-state index in [1.54, 1.807) is 0 Å². The molecule has 0 spiro atoms. The second kappa shape index (κ2) is 5.58. The van der Waals surface area contributed by atoms with Crippen molar-refractivity contribution < 1.29 is 24.0 Å². The first-order chi connectivity index (χ1) is 9.92. The molecule has 21 heavy (non-hydrogen) atoms. The summed E-state index contributed by atoms with van der Waals surface area (Å²) in [5.41, 5.74) is -0.529. The van der Waals surface area contributed by atoms with Gasteiger partial charge in [-0.2, -0.15) is 0 Å². The van der Waals surface area contributed by atoms with Crippen molar-refractivity contribution in [2.45, 2.75) is 0 Å². The normalized spacial score (nSPS) is 10.2. The van der Waals surface area contributed by atoms with Crippen molar-refractivity contribution in [2.75, 3.05) is 7.11 Å². The molecule has 0 saturated heterocycles. The number of carbonyl (C=O) groups is 1. The number of nitrogens with zero attached hydrogens (tertiary/aromatic N) is 1. The third kappa shape index (κ3) is 2.97. The number of hydrogen-bond acceptors (Lipinski definition) is 4. The van der Waals surface area contributed by atoms with Gasteiger partial charge >= 0.3 is 5.97 Å². The maximum absolute atomic E-state index is 14.0. The zero-order chi connectivity index (χ0) is 15.6. The van der Waals surface area contributed by atoms with Crippen LogP contribution >= 0.6 is 0 Å². The quantitative estimate of drug-likeness (QED) is 0.690. The number of methoxy groups -OCH3 is 1. The Hall–Kier alpha value is -2.96. The van der Waals surface area contributed by atoms with Gasteiger partial charge < -0.3 is 9.84 Å². The number of rotatable bonds is 4. The number of aromatic carboxylic acids is 1. The lowest BCUT2D eigenvalue weighted by atomic mass is 10.0. The third-order valence-electron chi connectivity index (χ3n) is 2.86. The van der Waals surface area contributed by atoms with Crippen LogP contribution < -0.4 is 4.74 Å². The molecule has 0 radical (unpaired) electrons. The molecule has 108 valence electrons. The molecule has 0 saturated carbocycles. The number of carboxylic acids is 1. The second-order valence-corrected chi connectivity index (χ2v) is 4.18. The van der Waals surface area contributed by atoms with E-state index in [0.29, 0.717) is 5.75 Å². The molecule has 0 unspecified atom stereocenters. The van der Waals surface area contributed by atoms with Crippen molar-refractivity contribution >= 4 is 11.7 Å². The van der Waals surface area contributed by atoms with Gasteiger partial charge in [-0.25, -0.2) is 9.18 Å². The molecule has 1 N–H and O–H groups in total. The molecular weight excluding hydrogens is 281 g/mol. The summed E-state index contributed by atoms with van der Waals surface area (Å²) in [5.74, 6) is -1.69. The maximum Gasteiger partial charge on any atom is 0.335 e. The first kappa shape index (κ1) is 14.4. The predicted molar refractivity (Wildman–Crippen MR) is 72.0 cm³/mol. The first-order valence-corrected chi connectivity index (χ1v) is 5.79. The van der Waals surface area contributed by atoms with Crippen molar-refractivity contribution in [3.05, 3.63) is 57.9 Å². The number of ether oxygens (including phenoxy) is 1. The number of nitro groups is 1. The molecule has 2 aromatic rings. The molecule has 7 heteroatoms. The Morgan fingerprint density at radius 1 is 1.29 bits per heavy atom. The lowest BCUT2D eigenvalue weighted by Gasteiger charge is -2.07. The van der Waals surface area contributed by atoms with Crippen molar-refractivity contribution in [1.29, 1.82) is 0 Å². The zero-order valence-electron chi connectivity index (χ0n) is 10.9. The first-order valence-electron chi connectivity index (χ1n) is 5.79. The average Bonchev–Trinajstić information content (AvgIpc) is 2.46. The smallest absolute Gasteiger partial charge is 0.335 e. The number of halogens is 1. The molecule has 0 heterocycles. The minimum atomic E-state index is -1.33. The summed E-state index contributed by atoms with van der Waals surface area (Å²) in [6, 6.07) is 7.20. The van der Waals surface area contributed by atoms with Crippen LogP contribution in [0.1, 0.15) is 10.4 Å². The molecule has 2 rings (SSSR count). The highest BCUT2D eigenvalue weighted by molar-refractivity contribution is 5.90. The Morgan fingerprint density at radius 3 is 2.52 bits per heavy atom. The van der Waals surface area contributed by atoms with Crippen LogP contribution in [0.2, 0.25) is 0 Å². The van der Waals surface area contributed by atoms with E-state index in [0.717, 1.165) is 18.2 Å². The molecule has 0 amide bonds. The molecule has 0 aliphatic rings. The summed E-state index contributed by atoms with van der Waals surface area (Å²) < 4.78 is 18.9. The summed E-state index contributed by atoms with van der Waals surface area (Å²) in [7, 11) is 1.38. The Kier molecular flexibility index (Phi) is 3.84. The fourth-order valence-corrected chi connectivity index (χ4v) is 1.85. The minimum absolute atomic E-state index is 0.0574. The highest BCUT2D eigenvalue weighted by Gasteiger charge is 2.16. The summed E-state index contributed by atoms with van der Waals surface area (Å²) in [5, 5.41) is 19.8. The van der Waals surface area contributed by atoms with Crippen LogP contribution in [0.5, 0.6) is 5.75 Å². The fourth-order valence-electron chi connectivity index (χ4n) is 1.85. The Bertz CT molecular complexity index is 697. The predicted octanol–water partition coefficient (Wildman–Crippen LogP) is 3.11. The maximum atomic E-state index is 14.0. The molecular formula is C14H10FNO5. The fraction of sp³-hybridized carbons (Fsp3) is 0.0714. The molecule has 0 aliphatic carbocycles. The lowest BCUT2D eigenvalue weighted by molar-refractivity contribution is -0.384. The largest absolute Gasteiger partial charge is 0.497 e. The van der Waals surface area contributed by atoms with E-state index in [1.807, 2.05) is 0 Å². The summed E-state index contributed by atoms with van der Waals surface area (Å²) >= 11 is 0. The van der Waals surface area contributed by atoms with Gasteiger partial charge in [-0.15, -0.1) is 0 Å². The lowest BCUT2D eigenvalue weighted by Crippen LogP contribution is -1.99. The average molecular weight is 291 g/mol. The molecule has 0 bridgehead atoms. The van der Waals surface area contributed by atoms with E-state index in [-0.39, 0.29) is 16.7 Å². The van der Waals surface area contributed by atoms with Crippen molar-refractivity contribution in [3.63, 3.8) is 0 Å². The SMILES string of the molecule is COc1ccc(-c2cc(C(=O)O)cc([N+](=O)[O-])c2)c(F)c1. The van der Waals surface area contributed by atoms with Gasteiger partial charge in [0, 0.05) is 23.8 Å². The third-order valence-corrected chi connectivity index (χ3v) is 2.86. The standard InChI is InChI=1S/C14H10FNO5/c1-21-11-2-3-12(13(15)7-11)8-4-9(14(17)18)6-10(5-8)16(19)20/h2-7H,1H3,(H,17,18). The van der Waals surface area contributed by atoms with E-state index in [2.05, 4.69) is 0 Å². The van der Waals surface area contributed by atoms with Crippen molar-refractivity contribution in [2.24, 2.45) is 0 Å². The number of carboxylic acid groups (broad SMARTS) is 1. The van der Waals surface area contributed by atoms with Crippen molar-refractivity contribution in [3.8, 4) is 16.9 Å². The van der Waals surface area contributed by atoms with Crippen LogP contribution in [-0.2, 0) is 0 Å². The Labute approximate surface area is 118 Å². The summed E-state index contributed by atoms with van der Waals surface area (Å²) in [4.78, 5) is 21.1. The van der Waals surface area contributed by atoms with Gasteiger partial charge in [0.2, 0.25) is 0 Å². The topological polar surface area (TPSA) is 89.7 Å². The minimum Gasteiger partial charge on any atom is -0.497 e. The molecule has 0 aliphatic heterocycles. The van der Waals surface area contributed by atoms with E-state index < -0.39 is 22.4 Å².